The van der Waals surface area contributed by atoms with Crippen LogP contribution in [0, 0.1) is 5.92 Å². The van der Waals surface area contributed by atoms with E-state index < -0.39 is 0 Å². The lowest BCUT2D eigenvalue weighted by Gasteiger charge is -2.40. The highest BCUT2D eigenvalue weighted by Crippen LogP contribution is 2.37. The topological polar surface area (TPSA) is 29.3 Å². The summed E-state index contributed by atoms with van der Waals surface area (Å²) in [7, 11) is 0. The van der Waals surface area contributed by atoms with Crippen LogP contribution in [-0.2, 0) is 0 Å². The Hall–Kier alpha value is -0.0800. The monoisotopic (exact) mass is 222 g/mol. The zero-order chi connectivity index (χ0) is 11.0. The summed E-state index contributed by atoms with van der Waals surface area (Å²) < 4.78 is 0. The minimum absolute atomic E-state index is 0.500. The summed E-state index contributed by atoms with van der Waals surface area (Å²) in [6.07, 6.45) is 12.8. The van der Waals surface area contributed by atoms with Gasteiger partial charge in [-0.15, -0.1) is 0 Å². The van der Waals surface area contributed by atoms with Crippen molar-refractivity contribution in [3.63, 3.8) is 0 Å². The molecule has 2 atom stereocenters. The SMILES string of the molecule is NC1CC2CCC(C1)N2CC1CCCCC1. The van der Waals surface area contributed by atoms with Crippen molar-refractivity contribution in [2.75, 3.05) is 6.54 Å². The minimum atomic E-state index is 0.500. The molecule has 2 nitrogen and oxygen atoms in total. The molecule has 3 fully saturated rings. The molecule has 3 aliphatic rings. The van der Waals surface area contributed by atoms with Crippen LogP contribution in [0.2, 0.25) is 0 Å². The van der Waals surface area contributed by atoms with Gasteiger partial charge in [-0.2, -0.15) is 0 Å². The van der Waals surface area contributed by atoms with E-state index in [0.717, 1.165) is 18.0 Å². The summed E-state index contributed by atoms with van der Waals surface area (Å²) in [5, 5.41) is 0. The van der Waals surface area contributed by atoms with Crippen molar-refractivity contribution in [3.8, 4) is 0 Å². The maximum absolute atomic E-state index is 6.12. The second-order valence-electron chi connectivity index (χ2n) is 6.32. The molecule has 0 aromatic heterocycles. The van der Waals surface area contributed by atoms with Crippen LogP contribution in [0.3, 0.4) is 0 Å². The van der Waals surface area contributed by atoms with Gasteiger partial charge in [-0.3, -0.25) is 4.90 Å². The van der Waals surface area contributed by atoms with Crippen molar-refractivity contribution in [2.45, 2.75) is 75.9 Å². The first kappa shape index (κ1) is 11.0. The van der Waals surface area contributed by atoms with Crippen LogP contribution in [0.15, 0.2) is 0 Å². The fourth-order valence-electron chi connectivity index (χ4n) is 4.28. The van der Waals surface area contributed by atoms with Gasteiger partial charge in [0.05, 0.1) is 0 Å². The average molecular weight is 222 g/mol. The third kappa shape index (κ3) is 2.14. The van der Waals surface area contributed by atoms with E-state index in [4.69, 9.17) is 5.73 Å². The predicted octanol–water partition coefficient (Wildman–Crippen LogP) is 2.52. The Balaban J connectivity index is 1.58. The molecule has 2 heteroatoms. The number of nitrogens with two attached hydrogens (primary N) is 1. The Bertz CT molecular complexity index is 221. The molecule has 16 heavy (non-hydrogen) atoms. The third-order valence-corrected chi connectivity index (χ3v) is 5.11. The van der Waals surface area contributed by atoms with Crippen molar-refractivity contribution in [2.24, 2.45) is 11.7 Å². The maximum Gasteiger partial charge on any atom is 0.0114 e. The van der Waals surface area contributed by atoms with Crippen molar-refractivity contribution in [1.29, 1.82) is 0 Å². The first-order valence-corrected chi connectivity index (χ1v) is 7.34. The standard InChI is InChI=1S/C14H26N2/c15-12-8-13-6-7-14(9-12)16(13)10-11-4-2-1-3-5-11/h11-14H,1-10,15H2. The van der Waals surface area contributed by atoms with Gasteiger partial charge in [-0.25, -0.2) is 0 Å². The Morgan fingerprint density at radius 3 is 2.12 bits per heavy atom. The number of fused-ring (bicyclic) bond motifs is 2. The highest BCUT2D eigenvalue weighted by Gasteiger charge is 2.40. The molecule has 0 aromatic rings. The van der Waals surface area contributed by atoms with Gasteiger partial charge < -0.3 is 5.73 Å². The van der Waals surface area contributed by atoms with E-state index in [1.54, 1.807) is 0 Å². The Kier molecular flexibility index (Phi) is 3.21. The second kappa shape index (κ2) is 4.66. The molecular weight excluding hydrogens is 196 g/mol. The molecule has 2 saturated heterocycles. The summed E-state index contributed by atoms with van der Waals surface area (Å²) >= 11 is 0. The zero-order valence-electron chi connectivity index (χ0n) is 10.4. The van der Waals surface area contributed by atoms with Crippen LogP contribution < -0.4 is 5.73 Å². The fourth-order valence-corrected chi connectivity index (χ4v) is 4.28. The molecule has 2 heterocycles. The van der Waals surface area contributed by atoms with Crippen LogP contribution in [0.1, 0.15) is 57.8 Å². The number of nitrogens with zero attached hydrogens (tertiary/aromatic N) is 1. The summed E-state index contributed by atoms with van der Waals surface area (Å²) in [6, 6.07) is 2.19. The van der Waals surface area contributed by atoms with Crippen molar-refractivity contribution >= 4 is 0 Å². The molecule has 0 spiro atoms. The maximum atomic E-state index is 6.12. The first-order valence-electron chi connectivity index (χ1n) is 7.34. The van der Waals surface area contributed by atoms with E-state index in [-0.39, 0.29) is 0 Å². The van der Waals surface area contributed by atoms with Gasteiger partial charge in [0.1, 0.15) is 0 Å². The number of rotatable bonds is 2. The van der Waals surface area contributed by atoms with Crippen molar-refractivity contribution < 1.29 is 0 Å². The summed E-state index contributed by atoms with van der Waals surface area (Å²) in [5.41, 5.74) is 6.12. The first-order chi connectivity index (χ1) is 7.83. The van der Waals surface area contributed by atoms with E-state index in [9.17, 15) is 0 Å². The second-order valence-corrected chi connectivity index (χ2v) is 6.32. The van der Waals surface area contributed by atoms with Gasteiger partial charge in [0, 0.05) is 24.7 Å². The molecule has 1 saturated carbocycles. The van der Waals surface area contributed by atoms with Crippen LogP contribution in [0.5, 0.6) is 0 Å². The fraction of sp³-hybridized carbons (Fsp3) is 1.00. The number of hydrogen-bond acceptors (Lipinski definition) is 2. The van der Waals surface area contributed by atoms with Gasteiger partial charge in [0.25, 0.3) is 0 Å². The van der Waals surface area contributed by atoms with Gasteiger partial charge in [-0.05, 0) is 44.4 Å². The molecule has 0 radical (unpaired) electrons. The number of piperidine rings is 1. The van der Waals surface area contributed by atoms with E-state index in [0.29, 0.717) is 6.04 Å². The summed E-state index contributed by atoms with van der Waals surface area (Å²) in [4.78, 5) is 2.83. The smallest absolute Gasteiger partial charge is 0.0114 e. The van der Waals surface area contributed by atoms with E-state index in [1.165, 1.54) is 64.3 Å². The molecule has 92 valence electrons. The Morgan fingerprint density at radius 1 is 0.875 bits per heavy atom. The van der Waals surface area contributed by atoms with E-state index >= 15 is 0 Å². The molecule has 2 aliphatic heterocycles. The van der Waals surface area contributed by atoms with Gasteiger partial charge in [-0.1, -0.05) is 19.3 Å². The normalized spacial score (nSPS) is 41.4. The van der Waals surface area contributed by atoms with Gasteiger partial charge >= 0.3 is 0 Å². The van der Waals surface area contributed by atoms with Crippen LogP contribution in [0.25, 0.3) is 0 Å². The van der Waals surface area contributed by atoms with E-state index in [1.807, 2.05) is 0 Å². The lowest BCUT2D eigenvalue weighted by molar-refractivity contribution is 0.0966. The Morgan fingerprint density at radius 2 is 1.50 bits per heavy atom. The van der Waals surface area contributed by atoms with Crippen molar-refractivity contribution in [1.82, 2.24) is 4.90 Å². The summed E-state index contributed by atoms with van der Waals surface area (Å²) in [6.45, 7) is 1.39. The molecule has 2 unspecified atom stereocenters. The molecule has 2 N–H and O–H groups in total. The molecule has 0 amide bonds. The average Bonchev–Trinajstić information content (AvgIpc) is 2.54. The minimum Gasteiger partial charge on any atom is -0.328 e. The highest BCUT2D eigenvalue weighted by atomic mass is 15.2. The van der Waals surface area contributed by atoms with Crippen LogP contribution in [-0.4, -0.2) is 29.6 Å². The van der Waals surface area contributed by atoms with E-state index in [2.05, 4.69) is 4.90 Å². The van der Waals surface area contributed by atoms with Gasteiger partial charge in [0.15, 0.2) is 0 Å². The molecular formula is C14H26N2. The molecule has 1 aliphatic carbocycles. The molecule has 3 rings (SSSR count). The van der Waals surface area contributed by atoms with Crippen molar-refractivity contribution in [3.05, 3.63) is 0 Å². The predicted molar refractivity (Wildman–Crippen MR) is 67.3 cm³/mol. The van der Waals surface area contributed by atoms with Crippen LogP contribution >= 0.6 is 0 Å². The zero-order valence-corrected chi connectivity index (χ0v) is 10.4. The highest BCUT2D eigenvalue weighted by molar-refractivity contribution is 4.97. The molecule has 0 aromatic carbocycles. The lowest BCUT2D eigenvalue weighted by atomic mass is 9.87. The molecule has 2 bridgehead atoms. The van der Waals surface area contributed by atoms with Gasteiger partial charge in [0.2, 0.25) is 0 Å². The third-order valence-electron chi connectivity index (χ3n) is 5.11. The lowest BCUT2D eigenvalue weighted by Crippen LogP contribution is -2.49. The number of hydrogen-bond donors (Lipinski definition) is 1. The van der Waals surface area contributed by atoms with Crippen LogP contribution in [0.4, 0.5) is 0 Å². The largest absolute Gasteiger partial charge is 0.328 e. The quantitative estimate of drug-likeness (QED) is 0.778. The Labute approximate surface area is 99.6 Å². The summed E-state index contributed by atoms with van der Waals surface area (Å²) in [5.74, 6) is 1.01.